The third-order valence-electron chi connectivity index (χ3n) is 5.65. The van der Waals surface area contributed by atoms with Crippen LogP contribution in [0.1, 0.15) is 29.8 Å². The largest absolute Gasteiger partial charge is 0.465 e. The number of amides is 1. The number of aromatic nitrogens is 1. The van der Waals surface area contributed by atoms with Crippen LogP contribution in [-0.4, -0.2) is 38.0 Å². The maximum atomic E-state index is 13.2. The van der Waals surface area contributed by atoms with Crippen LogP contribution in [0, 0.1) is 6.92 Å². The number of ether oxygens (including phenoxy) is 1. The number of hydrogen-bond donors (Lipinski definition) is 0. The number of fused-ring (bicyclic) bond motifs is 1. The summed E-state index contributed by atoms with van der Waals surface area (Å²) in [5.74, 6) is -0.967. The van der Waals surface area contributed by atoms with E-state index >= 15 is 0 Å². The number of carbonyl (C=O) groups is 2. The molecule has 192 valence electrons. The van der Waals surface area contributed by atoms with Gasteiger partial charge in [0.15, 0.2) is 4.80 Å². The predicted octanol–water partition coefficient (Wildman–Crippen LogP) is 4.53. The number of aryl methyl sites for hydroxylation is 1. The first kappa shape index (κ1) is 26.3. The van der Waals surface area contributed by atoms with E-state index in [2.05, 4.69) is 4.99 Å². The number of sulfonamides is 1. The lowest BCUT2D eigenvalue weighted by molar-refractivity contribution is -0.143. The zero-order chi connectivity index (χ0) is 26.6. The summed E-state index contributed by atoms with van der Waals surface area (Å²) in [5, 5.41) is 0. The van der Waals surface area contributed by atoms with E-state index in [1.165, 1.54) is 39.9 Å². The normalized spacial score (nSPS) is 12.0. The number of para-hydroxylation sites is 1. The van der Waals surface area contributed by atoms with E-state index in [0.29, 0.717) is 10.5 Å². The van der Waals surface area contributed by atoms with Gasteiger partial charge in [0, 0.05) is 12.1 Å². The third-order valence-corrected chi connectivity index (χ3v) is 8.61. The molecule has 1 aromatic heterocycles. The van der Waals surface area contributed by atoms with Crippen molar-refractivity contribution in [3.63, 3.8) is 0 Å². The number of rotatable bonds is 8. The van der Waals surface area contributed by atoms with Crippen LogP contribution in [0.4, 0.5) is 5.69 Å². The van der Waals surface area contributed by atoms with Crippen molar-refractivity contribution in [2.24, 2.45) is 4.99 Å². The summed E-state index contributed by atoms with van der Waals surface area (Å²) in [7, 11) is -3.81. The van der Waals surface area contributed by atoms with Crippen molar-refractivity contribution >= 4 is 49.1 Å². The van der Waals surface area contributed by atoms with Crippen LogP contribution in [-0.2, 0) is 26.1 Å². The van der Waals surface area contributed by atoms with Gasteiger partial charge in [-0.25, -0.2) is 8.42 Å². The molecule has 0 aliphatic carbocycles. The lowest BCUT2D eigenvalue weighted by Gasteiger charge is -2.22. The second-order valence-electron chi connectivity index (χ2n) is 8.19. The first-order chi connectivity index (χ1) is 17.7. The smallest absolute Gasteiger partial charge is 0.326 e. The molecular formula is C27H27N3O5S2. The Morgan fingerprint density at radius 3 is 2.35 bits per heavy atom. The summed E-state index contributed by atoms with van der Waals surface area (Å²) >= 11 is 1.30. The Labute approximate surface area is 219 Å². The molecule has 3 aromatic carbocycles. The molecule has 4 rings (SSSR count). The van der Waals surface area contributed by atoms with Gasteiger partial charge in [-0.3, -0.25) is 13.9 Å². The van der Waals surface area contributed by atoms with Crippen LogP contribution in [0.25, 0.3) is 10.2 Å². The fourth-order valence-corrected chi connectivity index (χ4v) is 6.49. The molecule has 0 atom stereocenters. The van der Waals surface area contributed by atoms with Gasteiger partial charge in [0.1, 0.15) is 6.54 Å². The molecule has 1 heterocycles. The Bertz CT molecular complexity index is 1610. The molecule has 0 N–H and O–H groups in total. The van der Waals surface area contributed by atoms with Crippen LogP contribution in [0.2, 0.25) is 0 Å². The molecule has 0 unspecified atom stereocenters. The Balaban J connectivity index is 1.67. The SMILES string of the molecule is CCOC(=O)Cn1c(=NC(=O)c2ccc(S(=O)(=O)N(CC)c3ccccc3)cc2)sc2cc(C)ccc21. The summed E-state index contributed by atoms with van der Waals surface area (Å²) in [5.41, 5.74) is 2.62. The average Bonchev–Trinajstić information content (AvgIpc) is 3.20. The van der Waals surface area contributed by atoms with E-state index in [4.69, 9.17) is 4.74 Å². The minimum Gasteiger partial charge on any atom is -0.465 e. The van der Waals surface area contributed by atoms with Gasteiger partial charge in [-0.05, 0) is 74.9 Å². The number of anilines is 1. The first-order valence-electron chi connectivity index (χ1n) is 11.8. The molecule has 0 saturated carbocycles. The van der Waals surface area contributed by atoms with Gasteiger partial charge in [0.25, 0.3) is 15.9 Å². The Morgan fingerprint density at radius 2 is 1.70 bits per heavy atom. The molecule has 1 amide bonds. The second kappa shape index (κ2) is 11.1. The Morgan fingerprint density at radius 1 is 1.00 bits per heavy atom. The highest BCUT2D eigenvalue weighted by atomic mass is 32.2. The number of carbonyl (C=O) groups excluding carboxylic acids is 2. The average molecular weight is 538 g/mol. The molecule has 0 saturated heterocycles. The van der Waals surface area contributed by atoms with Crippen LogP contribution >= 0.6 is 11.3 Å². The molecule has 0 aliphatic heterocycles. The summed E-state index contributed by atoms with van der Waals surface area (Å²) < 4.78 is 35.4. The highest BCUT2D eigenvalue weighted by Crippen LogP contribution is 2.24. The molecule has 0 fully saturated rings. The standard InChI is InChI=1S/C27H27N3O5S2/c1-4-30(21-9-7-6-8-10-21)37(33,34)22-14-12-20(13-15-22)26(32)28-27-29(18-25(31)35-5-2)23-16-11-19(3)17-24(23)36-27/h6-17H,4-5,18H2,1-3H3. The zero-order valence-electron chi connectivity index (χ0n) is 20.7. The molecule has 10 heteroatoms. The van der Waals surface area contributed by atoms with E-state index in [-0.39, 0.29) is 30.2 Å². The van der Waals surface area contributed by atoms with Crippen LogP contribution in [0.5, 0.6) is 0 Å². The summed E-state index contributed by atoms with van der Waals surface area (Å²) in [6.45, 7) is 5.89. The minimum atomic E-state index is -3.81. The lowest BCUT2D eigenvalue weighted by atomic mass is 10.2. The van der Waals surface area contributed by atoms with E-state index in [9.17, 15) is 18.0 Å². The van der Waals surface area contributed by atoms with Crippen molar-refractivity contribution in [2.75, 3.05) is 17.5 Å². The van der Waals surface area contributed by atoms with Gasteiger partial charge in [-0.15, -0.1) is 0 Å². The highest BCUT2D eigenvalue weighted by molar-refractivity contribution is 7.92. The Hall–Kier alpha value is -3.76. The number of hydrogen-bond acceptors (Lipinski definition) is 6. The summed E-state index contributed by atoms with van der Waals surface area (Å²) in [4.78, 5) is 30.0. The maximum Gasteiger partial charge on any atom is 0.326 e. The molecule has 4 aromatic rings. The van der Waals surface area contributed by atoms with Gasteiger partial charge in [-0.2, -0.15) is 4.99 Å². The van der Waals surface area contributed by atoms with Crippen LogP contribution < -0.4 is 9.11 Å². The molecule has 0 spiro atoms. The number of esters is 1. The second-order valence-corrected chi connectivity index (χ2v) is 11.1. The van der Waals surface area contributed by atoms with E-state index in [1.807, 2.05) is 31.2 Å². The van der Waals surface area contributed by atoms with Crippen molar-refractivity contribution < 1.29 is 22.7 Å². The van der Waals surface area contributed by atoms with Gasteiger partial charge in [0.05, 0.1) is 27.4 Å². The van der Waals surface area contributed by atoms with Gasteiger partial charge < -0.3 is 9.30 Å². The van der Waals surface area contributed by atoms with Crippen molar-refractivity contribution in [3.05, 3.63) is 88.7 Å². The number of thiazole rings is 1. The van der Waals surface area contributed by atoms with Crippen LogP contribution in [0.15, 0.2) is 82.7 Å². The fraction of sp³-hybridized carbons (Fsp3) is 0.222. The Kier molecular flexibility index (Phi) is 7.89. The molecular weight excluding hydrogens is 510 g/mol. The van der Waals surface area contributed by atoms with Gasteiger partial charge in [0.2, 0.25) is 0 Å². The molecule has 8 nitrogen and oxygen atoms in total. The van der Waals surface area contributed by atoms with E-state index < -0.39 is 21.9 Å². The van der Waals surface area contributed by atoms with Crippen molar-refractivity contribution in [3.8, 4) is 0 Å². The molecule has 0 aliphatic rings. The lowest BCUT2D eigenvalue weighted by Crippen LogP contribution is -2.30. The number of nitrogens with zero attached hydrogens (tertiary/aromatic N) is 3. The number of benzene rings is 3. The monoisotopic (exact) mass is 537 g/mol. The van der Waals surface area contributed by atoms with Crippen molar-refractivity contribution in [1.29, 1.82) is 0 Å². The molecule has 37 heavy (non-hydrogen) atoms. The van der Waals surface area contributed by atoms with Gasteiger partial charge in [-0.1, -0.05) is 35.6 Å². The first-order valence-corrected chi connectivity index (χ1v) is 14.0. The van der Waals surface area contributed by atoms with Crippen LogP contribution in [0.3, 0.4) is 0 Å². The minimum absolute atomic E-state index is 0.0736. The molecule has 0 radical (unpaired) electrons. The fourth-order valence-electron chi connectivity index (χ4n) is 3.89. The van der Waals surface area contributed by atoms with E-state index in [1.54, 1.807) is 42.7 Å². The summed E-state index contributed by atoms with van der Waals surface area (Å²) in [6, 6.07) is 20.3. The quantitative estimate of drug-likeness (QED) is 0.308. The molecule has 0 bridgehead atoms. The predicted molar refractivity (Wildman–Crippen MR) is 144 cm³/mol. The topological polar surface area (TPSA) is 98.0 Å². The van der Waals surface area contributed by atoms with Crippen molar-refractivity contribution in [1.82, 2.24) is 4.57 Å². The van der Waals surface area contributed by atoms with Gasteiger partial charge >= 0.3 is 5.97 Å². The van der Waals surface area contributed by atoms with Crippen molar-refractivity contribution in [2.45, 2.75) is 32.2 Å². The highest BCUT2D eigenvalue weighted by Gasteiger charge is 2.23. The zero-order valence-corrected chi connectivity index (χ0v) is 22.4. The van der Waals surface area contributed by atoms with E-state index in [0.717, 1.165) is 15.8 Å². The maximum absolute atomic E-state index is 13.2. The summed E-state index contributed by atoms with van der Waals surface area (Å²) in [6.07, 6.45) is 0. The third kappa shape index (κ3) is 5.65.